The van der Waals surface area contributed by atoms with Crippen molar-refractivity contribution in [2.24, 2.45) is 11.0 Å². The van der Waals surface area contributed by atoms with Crippen molar-refractivity contribution >= 4 is 17.5 Å². The molecular formula is C29H35FN4O4. The predicted molar refractivity (Wildman–Crippen MR) is 141 cm³/mol. The van der Waals surface area contributed by atoms with Crippen LogP contribution in [0.2, 0.25) is 0 Å². The van der Waals surface area contributed by atoms with Gasteiger partial charge in [-0.15, -0.1) is 0 Å². The molecule has 0 spiro atoms. The summed E-state index contributed by atoms with van der Waals surface area (Å²) in [6.45, 7) is 4.18. The van der Waals surface area contributed by atoms with Crippen molar-refractivity contribution in [3.63, 3.8) is 0 Å². The Morgan fingerprint density at radius 2 is 1.89 bits per heavy atom. The molecule has 2 fully saturated rings. The summed E-state index contributed by atoms with van der Waals surface area (Å²) in [4.78, 5) is 31.1. The molecule has 0 aromatic heterocycles. The van der Waals surface area contributed by atoms with Gasteiger partial charge in [-0.2, -0.15) is 5.10 Å². The van der Waals surface area contributed by atoms with E-state index in [-0.39, 0.29) is 36.1 Å². The highest BCUT2D eigenvalue weighted by atomic mass is 19.1. The summed E-state index contributed by atoms with van der Waals surface area (Å²) in [5.74, 6) is 0.168. The van der Waals surface area contributed by atoms with Crippen LogP contribution in [0, 0.1) is 11.7 Å². The molecule has 2 heterocycles. The van der Waals surface area contributed by atoms with Crippen molar-refractivity contribution in [2.45, 2.75) is 31.7 Å². The van der Waals surface area contributed by atoms with Crippen LogP contribution in [0.5, 0.6) is 5.75 Å². The first-order valence-corrected chi connectivity index (χ1v) is 13.4. The van der Waals surface area contributed by atoms with Gasteiger partial charge in [0, 0.05) is 44.1 Å². The second kappa shape index (κ2) is 12.0. The fraction of sp³-hybridized carbons (Fsp3) is 0.483. The van der Waals surface area contributed by atoms with E-state index in [4.69, 9.17) is 14.6 Å². The van der Waals surface area contributed by atoms with Crippen LogP contribution in [0.4, 0.5) is 4.39 Å². The Bertz CT molecular complexity index is 1160. The Kier molecular flexibility index (Phi) is 8.34. The fourth-order valence-electron chi connectivity index (χ4n) is 5.17. The largest absolute Gasteiger partial charge is 0.497 e. The van der Waals surface area contributed by atoms with Gasteiger partial charge in [0.15, 0.2) is 0 Å². The number of carbonyl (C=O) groups is 2. The van der Waals surface area contributed by atoms with Crippen LogP contribution >= 0.6 is 0 Å². The standard InChI is InChI=1S/C29H35FN4O4/c1-37-25-7-3-6-23(18-25)26-19-27(21-8-10-24(30)11-9-21)34(31-26)28(35)20-33(29(36)22-4-2-5-22)13-12-32-14-16-38-17-15-32/h3,6-11,18,22,27H,2,4-5,12-17,19-20H2,1H3/t27-/m0/s1. The Morgan fingerprint density at radius 3 is 2.58 bits per heavy atom. The third kappa shape index (κ3) is 6.05. The number of benzene rings is 2. The average molecular weight is 523 g/mol. The molecule has 0 N–H and O–H groups in total. The molecule has 2 aromatic rings. The highest BCUT2D eigenvalue weighted by Crippen LogP contribution is 2.34. The van der Waals surface area contributed by atoms with Gasteiger partial charge in [0.2, 0.25) is 5.91 Å². The molecule has 1 saturated heterocycles. The van der Waals surface area contributed by atoms with Gasteiger partial charge in [0.1, 0.15) is 18.1 Å². The number of halogens is 1. The number of hydrazone groups is 1. The minimum absolute atomic E-state index is 0.00481. The maximum absolute atomic E-state index is 13.8. The summed E-state index contributed by atoms with van der Waals surface area (Å²) in [6.07, 6.45) is 3.28. The van der Waals surface area contributed by atoms with Crippen LogP contribution in [0.25, 0.3) is 0 Å². The molecular weight excluding hydrogens is 487 g/mol. The number of ether oxygens (including phenoxy) is 2. The number of morpholine rings is 1. The molecule has 1 saturated carbocycles. The van der Waals surface area contributed by atoms with Crippen LogP contribution in [0.3, 0.4) is 0 Å². The SMILES string of the molecule is COc1cccc(C2=NN(C(=O)CN(CCN3CCOCC3)C(=O)C3CCC3)[C@H](c3ccc(F)cc3)C2)c1. The van der Waals surface area contributed by atoms with Gasteiger partial charge >= 0.3 is 0 Å². The zero-order chi connectivity index (χ0) is 26.5. The summed E-state index contributed by atoms with van der Waals surface area (Å²) in [6, 6.07) is 13.4. The maximum Gasteiger partial charge on any atom is 0.262 e. The van der Waals surface area contributed by atoms with Crippen molar-refractivity contribution in [3.8, 4) is 5.75 Å². The van der Waals surface area contributed by atoms with Crippen molar-refractivity contribution in [3.05, 3.63) is 65.5 Å². The molecule has 5 rings (SSSR count). The van der Waals surface area contributed by atoms with Crippen LogP contribution < -0.4 is 4.74 Å². The number of nitrogens with zero attached hydrogens (tertiary/aromatic N) is 4. The van der Waals surface area contributed by atoms with Crippen molar-refractivity contribution in [2.75, 3.05) is 53.0 Å². The molecule has 8 nitrogen and oxygen atoms in total. The molecule has 3 aliphatic rings. The monoisotopic (exact) mass is 522 g/mol. The molecule has 2 amide bonds. The molecule has 1 atom stereocenters. The Labute approximate surface area is 223 Å². The highest BCUT2D eigenvalue weighted by molar-refractivity contribution is 6.03. The highest BCUT2D eigenvalue weighted by Gasteiger charge is 2.36. The van der Waals surface area contributed by atoms with E-state index in [0.29, 0.717) is 38.5 Å². The second-order valence-corrected chi connectivity index (χ2v) is 10.1. The van der Waals surface area contributed by atoms with Crippen molar-refractivity contribution in [1.29, 1.82) is 0 Å². The van der Waals surface area contributed by atoms with Gasteiger partial charge < -0.3 is 14.4 Å². The van der Waals surface area contributed by atoms with Gasteiger partial charge in [-0.05, 0) is 42.7 Å². The van der Waals surface area contributed by atoms with E-state index in [9.17, 15) is 14.0 Å². The second-order valence-electron chi connectivity index (χ2n) is 10.1. The van der Waals surface area contributed by atoms with Gasteiger partial charge in [-0.3, -0.25) is 14.5 Å². The molecule has 38 heavy (non-hydrogen) atoms. The molecule has 0 unspecified atom stereocenters. The van der Waals surface area contributed by atoms with Crippen LogP contribution in [0.15, 0.2) is 53.6 Å². The fourth-order valence-corrected chi connectivity index (χ4v) is 5.17. The topological polar surface area (TPSA) is 74.7 Å². The van der Waals surface area contributed by atoms with E-state index >= 15 is 0 Å². The van der Waals surface area contributed by atoms with Crippen molar-refractivity contribution < 1.29 is 23.5 Å². The van der Waals surface area contributed by atoms with Gasteiger partial charge in [-0.1, -0.05) is 30.7 Å². The van der Waals surface area contributed by atoms with E-state index in [1.807, 2.05) is 24.3 Å². The maximum atomic E-state index is 13.8. The number of hydrogen-bond donors (Lipinski definition) is 0. The van der Waals surface area contributed by atoms with E-state index < -0.39 is 0 Å². The van der Waals surface area contributed by atoms with Crippen LogP contribution in [-0.4, -0.2) is 85.4 Å². The summed E-state index contributed by atoms with van der Waals surface area (Å²) in [5.41, 5.74) is 2.41. The Morgan fingerprint density at radius 1 is 1.13 bits per heavy atom. The summed E-state index contributed by atoms with van der Waals surface area (Å²) < 4.78 is 24.5. The molecule has 2 aromatic carbocycles. The third-order valence-corrected chi connectivity index (χ3v) is 7.71. The lowest BCUT2D eigenvalue weighted by Crippen LogP contribution is -2.49. The van der Waals surface area contributed by atoms with E-state index in [1.54, 1.807) is 24.1 Å². The predicted octanol–water partition coefficient (Wildman–Crippen LogP) is 3.47. The first-order valence-electron chi connectivity index (χ1n) is 13.4. The molecule has 9 heteroatoms. The lowest BCUT2D eigenvalue weighted by Gasteiger charge is -2.34. The summed E-state index contributed by atoms with van der Waals surface area (Å²) in [7, 11) is 1.61. The normalized spacial score (nSPS) is 20.1. The first kappa shape index (κ1) is 26.3. The van der Waals surface area contributed by atoms with E-state index in [0.717, 1.165) is 49.2 Å². The van der Waals surface area contributed by atoms with Crippen molar-refractivity contribution in [1.82, 2.24) is 14.8 Å². The molecule has 1 aliphatic carbocycles. The number of methoxy groups -OCH3 is 1. The average Bonchev–Trinajstić information content (AvgIpc) is 3.37. The third-order valence-electron chi connectivity index (χ3n) is 7.71. The lowest BCUT2D eigenvalue weighted by atomic mass is 9.84. The van der Waals surface area contributed by atoms with Crippen LogP contribution in [0.1, 0.15) is 42.9 Å². The molecule has 2 aliphatic heterocycles. The van der Waals surface area contributed by atoms with Crippen LogP contribution in [-0.2, 0) is 14.3 Å². The molecule has 0 radical (unpaired) electrons. The van der Waals surface area contributed by atoms with E-state index in [2.05, 4.69) is 4.90 Å². The van der Waals surface area contributed by atoms with Gasteiger partial charge in [0.25, 0.3) is 5.91 Å². The van der Waals surface area contributed by atoms with Gasteiger partial charge in [0.05, 0.1) is 32.1 Å². The molecule has 202 valence electrons. The molecule has 0 bridgehead atoms. The first-order chi connectivity index (χ1) is 18.5. The van der Waals surface area contributed by atoms with E-state index in [1.165, 1.54) is 17.1 Å². The number of carbonyl (C=O) groups excluding carboxylic acids is 2. The number of hydrogen-bond acceptors (Lipinski definition) is 6. The lowest BCUT2D eigenvalue weighted by molar-refractivity contribution is -0.145. The number of amides is 2. The zero-order valence-corrected chi connectivity index (χ0v) is 21.9. The Balaban J connectivity index is 1.37. The summed E-state index contributed by atoms with van der Waals surface area (Å²) >= 11 is 0. The minimum atomic E-state index is -0.385. The number of rotatable bonds is 9. The van der Waals surface area contributed by atoms with Gasteiger partial charge in [-0.25, -0.2) is 9.40 Å². The smallest absolute Gasteiger partial charge is 0.262 e. The Hall–Kier alpha value is -3.30. The quantitative estimate of drug-likeness (QED) is 0.504. The zero-order valence-electron chi connectivity index (χ0n) is 21.9. The summed E-state index contributed by atoms with van der Waals surface area (Å²) in [5, 5.41) is 6.23. The minimum Gasteiger partial charge on any atom is -0.497 e.